The third kappa shape index (κ3) is 5.33. The van der Waals surface area contributed by atoms with E-state index in [-0.39, 0.29) is 24.0 Å². The van der Waals surface area contributed by atoms with E-state index >= 15 is 0 Å². The van der Waals surface area contributed by atoms with E-state index in [4.69, 9.17) is 10.7 Å². The second-order valence-electron chi connectivity index (χ2n) is 6.75. The predicted molar refractivity (Wildman–Crippen MR) is 122 cm³/mol. The SMILES string of the molecule is CC(C)C(CN=C(N)N1CCN(c2nccs2)CC1)c1ccccc1.I. The Bertz CT molecular complexity index is 667. The Kier molecular flexibility index (Phi) is 8.15. The van der Waals surface area contributed by atoms with Gasteiger partial charge in [0.15, 0.2) is 11.1 Å². The van der Waals surface area contributed by atoms with Crippen LogP contribution in [0.25, 0.3) is 0 Å². The number of piperazine rings is 1. The van der Waals surface area contributed by atoms with Gasteiger partial charge in [0.1, 0.15) is 0 Å². The highest BCUT2D eigenvalue weighted by Gasteiger charge is 2.21. The second kappa shape index (κ2) is 10.1. The summed E-state index contributed by atoms with van der Waals surface area (Å²) >= 11 is 1.69. The molecule has 142 valence electrons. The van der Waals surface area contributed by atoms with Gasteiger partial charge in [-0.05, 0) is 11.5 Å². The second-order valence-corrected chi connectivity index (χ2v) is 7.62. The molecule has 0 spiro atoms. The van der Waals surface area contributed by atoms with Crippen LogP contribution in [-0.2, 0) is 0 Å². The molecule has 1 atom stereocenters. The van der Waals surface area contributed by atoms with Crippen molar-refractivity contribution in [1.29, 1.82) is 0 Å². The molecular weight excluding hydrogens is 457 g/mol. The normalized spacial score (nSPS) is 16.5. The van der Waals surface area contributed by atoms with Crippen molar-refractivity contribution < 1.29 is 0 Å². The molecule has 1 unspecified atom stereocenters. The molecule has 5 nitrogen and oxygen atoms in total. The number of anilines is 1. The number of thiazole rings is 1. The molecule has 1 fully saturated rings. The monoisotopic (exact) mass is 485 g/mol. The molecule has 3 rings (SSSR count). The molecule has 1 aliphatic rings. The largest absolute Gasteiger partial charge is 0.370 e. The molecule has 0 aliphatic carbocycles. The molecule has 0 bridgehead atoms. The number of hydrogen-bond acceptors (Lipinski definition) is 4. The van der Waals surface area contributed by atoms with E-state index in [2.05, 4.69) is 59.0 Å². The van der Waals surface area contributed by atoms with Crippen LogP contribution in [0.15, 0.2) is 46.9 Å². The Morgan fingerprint density at radius 3 is 2.46 bits per heavy atom. The van der Waals surface area contributed by atoms with Crippen LogP contribution in [0.1, 0.15) is 25.3 Å². The van der Waals surface area contributed by atoms with E-state index in [0.29, 0.717) is 17.8 Å². The lowest BCUT2D eigenvalue weighted by atomic mass is 9.88. The Hall–Kier alpha value is -1.35. The van der Waals surface area contributed by atoms with E-state index in [1.807, 2.05) is 11.6 Å². The first-order valence-corrected chi connectivity index (χ1v) is 9.77. The lowest BCUT2D eigenvalue weighted by Crippen LogP contribution is -2.51. The average molecular weight is 485 g/mol. The quantitative estimate of drug-likeness (QED) is 0.399. The van der Waals surface area contributed by atoms with Crippen molar-refractivity contribution in [3.05, 3.63) is 47.5 Å². The molecular formula is C19H28IN5S. The minimum Gasteiger partial charge on any atom is -0.370 e. The summed E-state index contributed by atoms with van der Waals surface area (Å²) in [5.74, 6) is 1.59. The van der Waals surface area contributed by atoms with Crippen LogP contribution in [0.5, 0.6) is 0 Å². The van der Waals surface area contributed by atoms with Crippen LogP contribution >= 0.6 is 35.3 Å². The number of rotatable bonds is 5. The van der Waals surface area contributed by atoms with Crippen LogP contribution in [0, 0.1) is 5.92 Å². The molecule has 2 heterocycles. The van der Waals surface area contributed by atoms with Gasteiger partial charge in [0.2, 0.25) is 0 Å². The molecule has 2 N–H and O–H groups in total. The maximum absolute atomic E-state index is 6.28. The van der Waals surface area contributed by atoms with Crippen LogP contribution in [0.2, 0.25) is 0 Å². The smallest absolute Gasteiger partial charge is 0.191 e. The fourth-order valence-corrected chi connectivity index (χ4v) is 3.89. The summed E-state index contributed by atoms with van der Waals surface area (Å²) in [5, 5.41) is 3.12. The van der Waals surface area contributed by atoms with E-state index in [1.165, 1.54) is 5.56 Å². The highest BCUT2D eigenvalue weighted by atomic mass is 127. The Morgan fingerprint density at radius 1 is 1.19 bits per heavy atom. The first-order chi connectivity index (χ1) is 12.1. The van der Waals surface area contributed by atoms with Gasteiger partial charge >= 0.3 is 0 Å². The highest BCUT2D eigenvalue weighted by Crippen LogP contribution is 2.24. The van der Waals surface area contributed by atoms with Gasteiger partial charge < -0.3 is 15.5 Å². The van der Waals surface area contributed by atoms with Crippen molar-refractivity contribution in [2.75, 3.05) is 37.6 Å². The van der Waals surface area contributed by atoms with Crippen LogP contribution in [0.4, 0.5) is 5.13 Å². The van der Waals surface area contributed by atoms with Gasteiger partial charge in [-0.15, -0.1) is 35.3 Å². The summed E-state index contributed by atoms with van der Waals surface area (Å²) < 4.78 is 0. The number of nitrogens with zero attached hydrogens (tertiary/aromatic N) is 4. The molecule has 2 aromatic rings. The van der Waals surface area contributed by atoms with Gasteiger partial charge in [0.05, 0.1) is 0 Å². The third-order valence-electron chi connectivity index (χ3n) is 4.78. The van der Waals surface area contributed by atoms with E-state index in [0.717, 1.165) is 37.9 Å². The van der Waals surface area contributed by atoms with Crippen LogP contribution in [-0.4, -0.2) is 48.6 Å². The van der Waals surface area contributed by atoms with Crippen molar-refractivity contribution in [2.24, 2.45) is 16.6 Å². The van der Waals surface area contributed by atoms with Gasteiger partial charge in [-0.25, -0.2) is 4.98 Å². The van der Waals surface area contributed by atoms with Gasteiger partial charge in [-0.3, -0.25) is 4.99 Å². The molecule has 1 saturated heterocycles. The highest BCUT2D eigenvalue weighted by molar-refractivity contribution is 14.0. The third-order valence-corrected chi connectivity index (χ3v) is 5.61. The molecule has 1 aromatic heterocycles. The fraction of sp³-hybridized carbons (Fsp3) is 0.474. The number of halogens is 1. The zero-order valence-electron chi connectivity index (χ0n) is 15.4. The van der Waals surface area contributed by atoms with Gasteiger partial charge in [0, 0.05) is 50.2 Å². The van der Waals surface area contributed by atoms with Crippen molar-refractivity contribution in [3.8, 4) is 0 Å². The average Bonchev–Trinajstić information content (AvgIpc) is 3.17. The molecule has 0 saturated carbocycles. The van der Waals surface area contributed by atoms with Crippen LogP contribution < -0.4 is 10.6 Å². The van der Waals surface area contributed by atoms with Crippen molar-refractivity contribution in [2.45, 2.75) is 19.8 Å². The van der Waals surface area contributed by atoms with Crippen molar-refractivity contribution in [3.63, 3.8) is 0 Å². The lowest BCUT2D eigenvalue weighted by molar-refractivity contribution is 0.379. The van der Waals surface area contributed by atoms with Crippen molar-refractivity contribution in [1.82, 2.24) is 9.88 Å². The summed E-state index contributed by atoms with van der Waals surface area (Å²) in [4.78, 5) is 13.6. The van der Waals surface area contributed by atoms with Gasteiger partial charge in [-0.2, -0.15) is 0 Å². The molecule has 7 heteroatoms. The molecule has 1 aliphatic heterocycles. The fourth-order valence-electron chi connectivity index (χ4n) is 3.19. The molecule has 1 aromatic carbocycles. The predicted octanol–water partition coefficient (Wildman–Crippen LogP) is 3.64. The standard InChI is InChI=1S/C19H27N5S.HI/c1-15(2)17(16-6-4-3-5-7-16)14-22-18(20)23-9-11-24(12-10-23)19-21-8-13-25-19;/h3-8,13,15,17H,9-12,14H2,1-2H3,(H2,20,22);1H. The van der Waals surface area contributed by atoms with E-state index in [9.17, 15) is 0 Å². The number of hydrogen-bond donors (Lipinski definition) is 1. The van der Waals surface area contributed by atoms with Crippen molar-refractivity contribution >= 4 is 46.4 Å². The van der Waals surface area contributed by atoms with E-state index < -0.39 is 0 Å². The van der Waals surface area contributed by atoms with E-state index in [1.54, 1.807) is 11.3 Å². The topological polar surface area (TPSA) is 57.8 Å². The first-order valence-electron chi connectivity index (χ1n) is 8.89. The minimum atomic E-state index is 0. The van der Waals surface area contributed by atoms with Gasteiger partial charge in [-0.1, -0.05) is 44.2 Å². The maximum Gasteiger partial charge on any atom is 0.191 e. The maximum atomic E-state index is 6.28. The lowest BCUT2D eigenvalue weighted by Gasteiger charge is -2.35. The number of aliphatic imine (C=N–C) groups is 1. The Balaban J connectivity index is 0.00000243. The number of guanidine groups is 1. The summed E-state index contributed by atoms with van der Waals surface area (Å²) in [6, 6.07) is 10.6. The zero-order valence-corrected chi connectivity index (χ0v) is 18.6. The molecule has 0 radical (unpaired) electrons. The minimum absolute atomic E-state index is 0. The number of nitrogens with two attached hydrogens (primary N) is 1. The summed E-state index contributed by atoms with van der Waals surface area (Å²) in [6.07, 6.45) is 1.86. The number of aromatic nitrogens is 1. The Morgan fingerprint density at radius 2 is 1.88 bits per heavy atom. The summed E-state index contributed by atoms with van der Waals surface area (Å²) in [5.41, 5.74) is 7.62. The van der Waals surface area contributed by atoms with Crippen LogP contribution in [0.3, 0.4) is 0 Å². The summed E-state index contributed by atoms with van der Waals surface area (Å²) in [6.45, 7) is 8.90. The molecule has 26 heavy (non-hydrogen) atoms. The Labute approximate surface area is 177 Å². The first kappa shape index (κ1) is 21.0. The molecule has 0 amide bonds. The zero-order chi connectivity index (χ0) is 17.6. The summed E-state index contributed by atoms with van der Waals surface area (Å²) in [7, 11) is 0. The van der Waals surface area contributed by atoms with Gasteiger partial charge in [0.25, 0.3) is 0 Å². The number of benzene rings is 1.